The monoisotopic (exact) mass is 761 g/mol. The van der Waals surface area contributed by atoms with Gasteiger partial charge in [0.05, 0.1) is 0 Å². The second-order valence-electron chi connectivity index (χ2n) is 12.5. The molecule has 2 aliphatic heterocycles. The van der Waals surface area contributed by atoms with E-state index >= 15 is 4.39 Å². The maximum absolute atomic E-state index is 16.9. The number of aromatic nitrogens is 1. The SMILES string of the molecule is CC(=O)N1CCC([I-](C)(O)c2cc(F)c3c(c2)C(=O)N(Cc2ccc(C#N)cn2)[C@@]3(OCC2(CO)CC2)c2ccc(Cl)cc2)CC1. The number of nitriles is 1. The zero-order valence-electron chi connectivity index (χ0n) is 25.7. The predicted molar refractivity (Wildman–Crippen MR) is 164 cm³/mol. The van der Waals surface area contributed by atoms with E-state index in [1.54, 1.807) is 52.3 Å². The normalized spacial score (nSPS) is 22.6. The van der Waals surface area contributed by atoms with E-state index in [0.717, 1.165) is 12.8 Å². The zero-order valence-corrected chi connectivity index (χ0v) is 28.6. The Balaban J connectivity index is 1.48. The van der Waals surface area contributed by atoms with Crippen LogP contribution in [0.25, 0.3) is 0 Å². The second-order valence-corrected chi connectivity index (χ2v) is 20.9. The number of nitrogens with zero attached hydrogens (tertiary/aromatic N) is 4. The molecule has 2 atom stereocenters. The first-order chi connectivity index (χ1) is 21.9. The summed E-state index contributed by atoms with van der Waals surface area (Å²) in [5, 5.41) is 19.9. The average molecular weight is 762 g/mol. The molecule has 2 amide bonds. The van der Waals surface area contributed by atoms with Crippen LogP contribution in [-0.4, -0.2) is 70.3 Å². The topological polar surface area (TPSA) is 127 Å². The fourth-order valence-electron chi connectivity index (χ4n) is 6.42. The van der Waals surface area contributed by atoms with Crippen molar-refractivity contribution in [3.8, 4) is 6.07 Å². The number of halogens is 3. The van der Waals surface area contributed by atoms with Crippen LogP contribution in [-0.2, 0) is 21.8 Å². The quantitative estimate of drug-likeness (QED) is 0.249. The molecule has 1 unspecified atom stereocenters. The van der Waals surface area contributed by atoms with Gasteiger partial charge in [-0.05, 0) is 0 Å². The number of aliphatic hydroxyl groups is 1. The molecule has 6 rings (SSSR count). The minimum absolute atomic E-state index is 0.0107. The Morgan fingerprint density at radius 2 is 1.89 bits per heavy atom. The van der Waals surface area contributed by atoms with E-state index in [1.165, 1.54) is 24.1 Å². The number of aliphatic hydroxyl groups excluding tert-OH is 1. The molecule has 3 aromatic rings. The van der Waals surface area contributed by atoms with Crippen molar-refractivity contribution < 1.29 is 46.1 Å². The first kappa shape index (κ1) is 32.8. The van der Waals surface area contributed by atoms with Crippen molar-refractivity contribution in [1.29, 1.82) is 5.26 Å². The van der Waals surface area contributed by atoms with E-state index < -0.39 is 41.7 Å². The predicted octanol–water partition coefficient (Wildman–Crippen LogP) is 1.27. The number of likely N-dealkylation sites (tertiary alicyclic amines) is 1. The van der Waals surface area contributed by atoms with Crippen LogP contribution in [0.2, 0.25) is 5.02 Å². The average Bonchev–Trinajstić information content (AvgIpc) is 3.81. The van der Waals surface area contributed by atoms with Crippen LogP contribution in [0.5, 0.6) is 0 Å². The summed E-state index contributed by atoms with van der Waals surface area (Å²) < 4.78 is 36.0. The summed E-state index contributed by atoms with van der Waals surface area (Å²) in [6.07, 6.45) is 4.09. The van der Waals surface area contributed by atoms with Crippen molar-refractivity contribution in [3.63, 3.8) is 0 Å². The molecular formula is C34H36ClFIN4O5-. The van der Waals surface area contributed by atoms with Crippen molar-refractivity contribution in [2.75, 3.05) is 31.2 Å². The van der Waals surface area contributed by atoms with Gasteiger partial charge in [0.1, 0.15) is 0 Å². The molecule has 2 fully saturated rings. The number of ether oxygens (including phenoxy) is 1. The molecule has 1 saturated heterocycles. The number of hydrogen-bond acceptors (Lipinski definition) is 7. The molecule has 0 bridgehead atoms. The molecule has 1 aliphatic carbocycles. The maximum atomic E-state index is 16.9. The number of amides is 2. The van der Waals surface area contributed by atoms with Gasteiger partial charge < -0.3 is 0 Å². The van der Waals surface area contributed by atoms with E-state index in [9.17, 15) is 23.4 Å². The number of carbonyl (C=O) groups excluding carboxylic acids is 2. The summed E-state index contributed by atoms with van der Waals surface area (Å²) >= 11 is 2.41. The van der Waals surface area contributed by atoms with Gasteiger partial charge in [-0.3, -0.25) is 0 Å². The van der Waals surface area contributed by atoms with Gasteiger partial charge in [0, 0.05) is 0 Å². The Morgan fingerprint density at radius 3 is 2.46 bits per heavy atom. The van der Waals surface area contributed by atoms with Crippen molar-refractivity contribution in [2.45, 2.75) is 48.8 Å². The number of alkyl halides is 2. The second kappa shape index (κ2) is 12.5. The Bertz CT molecular complexity index is 1700. The molecule has 0 spiro atoms. The molecule has 1 saturated carbocycles. The van der Waals surface area contributed by atoms with Gasteiger partial charge in [-0.2, -0.15) is 0 Å². The summed E-state index contributed by atoms with van der Waals surface area (Å²) in [6.45, 7) is 2.47. The molecule has 244 valence electrons. The third-order valence-electron chi connectivity index (χ3n) is 9.55. The van der Waals surface area contributed by atoms with Crippen LogP contribution in [0.3, 0.4) is 0 Å². The minimum atomic E-state index is -3.85. The van der Waals surface area contributed by atoms with Gasteiger partial charge in [-0.1, -0.05) is 0 Å². The number of rotatable bonds is 9. The van der Waals surface area contributed by atoms with Crippen molar-refractivity contribution >= 4 is 23.4 Å². The third kappa shape index (κ3) is 5.79. The van der Waals surface area contributed by atoms with E-state index in [4.69, 9.17) is 16.3 Å². The van der Waals surface area contributed by atoms with E-state index in [1.807, 2.05) is 6.07 Å². The number of fused-ring (bicyclic) bond motifs is 1. The fraction of sp³-hybridized carbons (Fsp3) is 0.412. The molecule has 3 aliphatic rings. The molecule has 2 N–H and O–H groups in total. The zero-order chi connectivity index (χ0) is 32.9. The first-order valence-corrected chi connectivity index (χ1v) is 21.0. The molecule has 1 aromatic heterocycles. The van der Waals surface area contributed by atoms with E-state index in [0.29, 0.717) is 51.3 Å². The standard InChI is InChI=1S/C34H36ClFIN4O5/c1-22(43)40-13-9-26(10-14-40)37(2,45)27-15-29-31(30(36)16-27)34(24-4-6-25(35)7-5-24,46-21-33(20-42)11-12-33)41(32(29)44)19-28-8-3-23(17-38)18-39-28/h3-8,15-16,18,26,42,45H,9-14,19-21H2,1-2H3/q-1/t34-/m1/s1. The number of piperidine rings is 1. The summed E-state index contributed by atoms with van der Waals surface area (Å²) in [6, 6.07) is 15.0. The van der Waals surface area contributed by atoms with Crippen molar-refractivity contribution in [2.24, 2.45) is 5.41 Å². The molecule has 2 aromatic carbocycles. The van der Waals surface area contributed by atoms with Gasteiger partial charge in [0.25, 0.3) is 0 Å². The van der Waals surface area contributed by atoms with E-state index in [2.05, 4.69) is 4.98 Å². The summed E-state index contributed by atoms with van der Waals surface area (Å²) in [5.41, 5.74) is -0.795. The third-order valence-corrected chi connectivity index (χ3v) is 17.6. The van der Waals surface area contributed by atoms with E-state index in [-0.39, 0.29) is 40.7 Å². The van der Waals surface area contributed by atoms with Gasteiger partial charge >= 0.3 is 278 Å². The van der Waals surface area contributed by atoms with Crippen LogP contribution < -0.4 is 18.8 Å². The van der Waals surface area contributed by atoms with Gasteiger partial charge in [0.2, 0.25) is 0 Å². The Morgan fingerprint density at radius 1 is 1.20 bits per heavy atom. The first-order valence-electron chi connectivity index (χ1n) is 15.1. The van der Waals surface area contributed by atoms with Crippen molar-refractivity contribution in [3.05, 3.63) is 97.1 Å². The van der Waals surface area contributed by atoms with Gasteiger partial charge in [-0.15, -0.1) is 0 Å². The van der Waals surface area contributed by atoms with Crippen LogP contribution in [0.15, 0.2) is 54.7 Å². The Labute approximate surface area is 277 Å². The fourth-order valence-corrected chi connectivity index (χ4v) is 12.4. The van der Waals surface area contributed by atoms with Crippen LogP contribution >= 0.6 is 11.6 Å². The molecule has 46 heavy (non-hydrogen) atoms. The number of hydrogen-bond donors (Lipinski definition) is 2. The van der Waals surface area contributed by atoms with Gasteiger partial charge in [0.15, 0.2) is 0 Å². The van der Waals surface area contributed by atoms with Crippen molar-refractivity contribution in [1.82, 2.24) is 14.8 Å². The summed E-state index contributed by atoms with van der Waals surface area (Å²) in [4.78, 5) is 35.8. The Kier molecular flexibility index (Phi) is 8.88. The summed E-state index contributed by atoms with van der Waals surface area (Å²) in [7, 11) is 0. The summed E-state index contributed by atoms with van der Waals surface area (Å²) in [5.74, 6) is -1.18. The number of pyridine rings is 1. The van der Waals surface area contributed by atoms with Gasteiger partial charge in [-0.25, -0.2) is 0 Å². The molecule has 0 radical (unpaired) electrons. The number of carbonyl (C=O) groups is 2. The Hall–Kier alpha value is -3.15. The van der Waals surface area contributed by atoms with Crippen LogP contribution in [0, 0.1) is 26.1 Å². The van der Waals surface area contributed by atoms with Crippen LogP contribution in [0.1, 0.15) is 65.3 Å². The van der Waals surface area contributed by atoms with Crippen LogP contribution in [0.4, 0.5) is 4.39 Å². The molecule has 9 nitrogen and oxygen atoms in total. The molecular weight excluding hydrogens is 726 g/mol. The molecule has 3 heterocycles. The molecule has 12 heteroatoms. The number of benzene rings is 2.